The summed E-state index contributed by atoms with van der Waals surface area (Å²) in [6.45, 7) is 6.42. The van der Waals surface area contributed by atoms with Crippen LogP contribution in [0.1, 0.15) is 45.1 Å². The number of nitrogens with two attached hydrogens (primary N) is 1. The maximum absolute atomic E-state index is 13.9. The maximum atomic E-state index is 13.9. The van der Waals surface area contributed by atoms with Gasteiger partial charge in [0.05, 0.1) is 0 Å². The minimum Gasteiger partial charge on any atom is -0.326 e. The Morgan fingerprint density at radius 2 is 1.80 bits per heavy atom. The normalized spacial score (nSPS) is 19.4. The lowest BCUT2D eigenvalue weighted by molar-refractivity contribution is 0.0769. The predicted octanol–water partition coefficient (Wildman–Crippen LogP) is 3.35. The van der Waals surface area contributed by atoms with E-state index in [-0.39, 0.29) is 17.4 Å². The predicted molar refractivity (Wildman–Crippen MR) is 82.2 cm³/mol. The molecule has 0 radical (unpaired) electrons. The molecule has 1 aromatic carbocycles. The zero-order valence-corrected chi connectivity index (χ0v) is 12.7. The van der Waals surface area contributed by atoms with Gasteiger partial charge in [-0.3, -0.25) is 4.90 Å². The fourth-order valence-electron chi connectivity index (χ4n) is 3.85. The van der Waals surface area contributed by atoms with Crippen LogP contribution in [-0.4, -0.2) is 29.6 Å². The van der Waals surface area contributed by atoms with Crippen LogP contribution < -0.4 is 5.73 Å². The summed E-state index contributed by atoms with van der Waals surface area (Å²) in [5.74, 6) is -0.129. The maximum Gasteiger partial charge on any atom is 0.126 e. The number of halogens is 1. The van der Waals surface area contributed by atoms with E-state index in [9.17, 15) is 4.39 Å². The first-order valence-corrected chi connectivity index (χ1v) is 7.88. The highest BCUT2D eigenvalue weighted by Gasteiger charge is 2.43. The number of nitrogens with zero attached hydrogens (tertiary/aromatic N) is 1. The molecular weight excluding hydrogens is 251 g/mol. The summed E-state index contributed by atoms with van der Waals surface area (Å²) in [5, 5.41) is 0. The van der Waals surface area contributed by atoms with Crippen LogP contribution >= 0.6 is 0 Å². The molecule has 0 heterocycles. The molecule has 2 rings (SSSR count). The van der Waals surface area contributed by atoms with Gasteiger partial charge in [-0.05, 0) is 44.0 Å². The fraction of sp³-hybridized carbons (Fsp3) is 0.647. The Morgan fingerprint density at radius 1 is 1.20 bits per heavy atom. The highest BCUT2D eigenvalue weighted by molar-refractivity contribution is 5.20. The Morgan fingerprint density at radius 3 is 2.35 bits per heavy atom. The van der Waals surface area contributed by atoms with E-state index < -0.39 is 0 Å². The molecule has 1 atom stereocenters. The summed E-state index contributed by atoms with van der Waals surface area (Å²) in [6.07, 6.45) is 5.39. The minimum atomic E-state index is -0.129. The molecule has 1 fully saturated rings. The third-order valence-corrected chi connectivity index (χ3v) is 4.95. The molecule has 1 aromatic rings. The summed E-state index contributed by atoms with van der Waals surface area (Å²) in [4.78, 5) is 2.49. The second kappa shape index (κ2) is 6.68. The van der Waals surface area contributed by atoms with Gasteiger partial charge in [0.2, 0.25) is 0 Å². The monoisotopic (exact) mass is 278 g/mol. The van der Waals surface area contributed by atoms with Crippen LogP contribution in [0.5, 0.6) is 0 Å². The van der Waals surface area contributed by atoms with Gasteiger partial charge in [0, 0.05) is 11.6 Å². The van der Waals surface area contributed by atoms with Gasteiger partial charge in [0.1, 0.15) is 5.82 Å². The molecular formula is C17H27FN2. The van der Waals surface area contributed by atoms with E-state index >= 15 is 0 Å². The van der Waals surface area contributed by atoms with Gasteiger partial charge in [-0.2, -0.15) is 0 Å². The van der Waals surface area contributed by atoms with E-state index in [2.05, 4.69) is 18.7 Å². The largest absolute Gasteiger partial charge is 0.326 e. The van der Waals surface area contributed by atoms with E-state index in [1.54, 1.807) is 6.07 Å². The van der Waals surface area contributed by atoms with Crippen molar-refractivity contribution in [2.45, 2.75) is 57.5 Å². The van der Waals surface area contributed by atoms with E-state index in [1.807, 2.05) is 12.1 Å². The highest BCUT2D eigenvalue weighted by Crippen LogP contribution is 2.38. The molecule has 1 saturated carbocycles. The minimum absolute atomic E-state index is 0.00167. The van der Waals surface area contributed by atoms with Crippen LogP contribution in [0.4, 0.5) is 4.39 Å². The Labute approximate surface area is 122 Å². The zero-order chi connectivity index (χ0) is 14.6. The van der Waals surface area contributed by atoms with Gasteiger partial charge in [0.25, 0.3) is 0 Å². The highest BCUT2D eigenvalue weighted by atomic mass is 19.1. The van der Waals surface area contributed by atoms with E-state index in [1.165, 1.54) is 18.9 Å². The van der Waals surface area contributed by atoms with Gasteiger partial charge in [-0.25, -0.2) is 4.39 Å². The quantitative estimate of drug-likeness (QED) is 0.864. The lowest BCUT2D eigenvalue weighted by Crippen LogP contribution is -2.59. The van der Waals surface area contributed by atoms with Gasteiger partial charge in [-0.15, -0.1) is 0 Å². The van der Waals surface area contributed by atoms with Crippen molar-refractivity contribution in [3.8, 4) is 0 Å². The molecule has 0 aliphatic heterocycles. The Kier molecular flexibility index (Phi) is 5.17. The number of hydrogen-bond acceptors (Lipinski definition) is 2. The molecule has 0 saturated heterocycles. The smallest absolute Gasteiger partial charge is 0.126 e. The van der Waals surface area contributed by atoms with Gasteiger partial charge >= 0.3 is 0 Å². The van der Waals surface area contributed by atoms with E-state index in [0.29, 0.717) is 6.42 Å². The van der Waals surface area contributed by atoms with Crippen molar-refractivity contribution in [3.05, 3.63) is 35.6 Å². The summed E-state index contributed by atoms with van der Waals surface area (Å²) < 4.78 is 13.9. The molecule has 112 valence electrons. The molecule has 0 spiro atoms. The van der Waals surface area contributed by atoms with Crippen LogP contribution in [0.3, 0.4) is 0 Å². The molecule has 2 nitrogen and oxygen atoms in total. The third kappa shape index (κ3) is 2.89. The van der Waals surface area contributed by atoms with Crippen LogP contribution in [0.25, 0.3) is 0 Å². The Balaban J connectivity index is 2.19. The molecule has 0 aromatic heterocycles. The van der Waals surface area contributed by atoms with Crippen molar-refractivity contribution in [1.29, 1.82) is 0 Å². The second-order valence-electron chi connectivity index (χ2n) is 5.88. The lowest BCUT2D eigenvalue weighted by Gasteiger charge is -2.45. The molecule has 2 N–H and O–H groups in total. The van der Waals surface area contributed by atoms with E-state index in [0.717, 1.165) is 31.5 Å². The van der Waals surface area contributed by atoms with Crippen LogP contribution in [0.15, 0.2) is 24.3 Å². The summed E-state index contributed by atoms with van der Waals surface area (Å²) in [5.41, 5.74) is 7.37. The van der Waals surface area contributed by atoms with Gasteiger partial charge < -0.3 is 5.73 Å². The van der Waals surface area contributed by atoms with Crippen molar-refractivity contribution in [3.63, 3.8) is 0 Å². The molecule has 1 aliphatic rings. The lowest BCUT2D eigenvalue weighted by atomic mass is 9.83. The first-order valence-electron chi connectivity index (χ1n) is 7.88. The SMILES string of the molecule is CCN(CC)C1(C(N)Cc2ccccc2F)CCCC1. The molecule has 3 heteroatoms. The van der Waals surface area contributed by atoms with Crippen LogP contribution in [0.2, 0.25) is 0 Å². The van der Waals surface area contributed by atoms with E-state index in [4.69, 9.17) is 5.73 Å². The Bertz CT molecular complexity index is 423. The van der Waals surface area contributed by atoms with Gasteiger partial charge in [0.15, 0.2) is 0 Å². The molecule has 20 heavy (non-hydrogen) atoms. The van der Waals surface area contributed by atoms with Crippen LogP contribution in [0, 0.1) is 5.82 Å². The fourth-order valence-corrected chi connectivity index (χ4v) is 3.85. The van der Waals surface area contributed by atoms with Crippen molar-refractivity contribution < 1.29 is 4.39 Å². The average Bonchev–Trinajstić information content (AvgIpc) is 2.93. The molecule has 0 bridgehead atoms. The van der Waals surface area contributed by atoms with Crippen molar-refractivity contribution >= 4 is 0 Å². The number of benzene rings is 1. The number of likely N-dealkylation sites (N-methyl/N-ethyl adjacent to an activating group) is 1. The van der Waals surface area contributed by atoms with Crippen molar-refractivity contribution in [2.24, 2.45) is 5.73 Å². The first kappa shape index (κ1) is 15.5. The first-order chi connectivity index (χ1) is 9.64. The summed E-state index contributed by atoms with van der Waals surface area (Å²) in [7, 11) is 0. The molecule has 1 unspecified atom stereocenters. The second-order valence-corrected chi connectivity index (χ2v) is 5.88. The molecule has 0 amide bonds. The zero-order valence-electron chi connectivity index (χ0n) is 12.7. The molecule has 1 aliphatic carbocycles. The summed E-state index contributed by atoms with van der Waals surface area (Å²) in [6, 6.07) is 7.02. The van der Waals surface area contributed by atoms with Gasteiger partial charge in [-0.1, -0.05) is 44.9 Å². The van der Waals surface area contributed by atoms with Crippen molar-refractivity contribution in [2.75, 3.05) is 13.1 Å². The van der Waals surface area contributed by atoms with Crippen LogP contribution in [-0.2, 0) is 6.42 Å². The number of rotatable bonds is 6. The standard InChI is InChI=1S/C17H27FN2/c1-3-20(4-2)17(11-7-8-12-17)16(19)13-14-9-5-6-10-15(14)18/h5-6,9-10,16H,3-4,7-8,11-13,19H2,1-2H3. The topological polar surface area (TPSA) is 29.3 Å². The Hall–Kier alpha value is -0.930. The van der Waals surface area contributed by atoms with Crippen molar-refractivity contribution in [1.82, 2.24) is 4.90 Å². The average molecular weight is 278 g/mol. The summed E-state index contributed by atoms with van der Waals surface area (Å²) >= 11 is 0. The number of hydrogen-bond donors (Lipinski definition) is 1. The third-order valence-electron chi connectivity index (χ3n) is 4.95.